The molecule has 2 aliphatic rings. The minimum Gasteiger partial charge on any atom is -0.313 e. The molecule has 198 valence electrons. The van der Waals surface area contributed by atoms with Crippen LogP contribution in [0.25, 0.3) is 0 Å². The van der Waals surface area contributed by atoms with Gasteiger partial charge in [-0.25, -0.2) is 8.78 Å². The molecule has 8 heteroatoms. The maximum Gasteiger partial charge on any atom is 0.422 e. The van der Waals surface area contributed by atoms with Gasteiger partial charge in [-0.1, -0.05) is 31.2 Å². The predicted molar refractivity (Wildman–Crippen MR) is 123 cm³/mol. The van der Waals surface area contributed by atoms with Crippen molar-refractivity contribution in [3.8, 4) is 0 Å². The molecule has 0 heterocycles. The lowest BCUT2D eigenvalue weighted by atomic mass is 9.69. The van der Waals surface area contributed by atoms with E-state index in [-0.39, 0.29) is 17.0 Å². The molecular formula is C28H31F7O. The molecule has 0 aromatic heterocycles. The van der Waals surface area contributed by atoms with E-state index >= 15 is 0 Å². The van der Waals surface area contributed by atoms with Crippen molar-refractivity contribution in [3.63, 3.8) is 0 Å². The lowest BCUT2D eigenvalue weighted by molar-refractivity contribution is -0.278. The first-order valence-electron chi connectivity index (χ1n) is 12.7. The molecule has 0 bridgehead atoms. The van der Waals surface area contributed by atoms with Crippen LogP contribution in [0.2, 0.25) is 0 Å². The van der Waals surface area contributed by atoms with Gasteiger partial charge in [0, 0.05) is 0 Å². The molecule has 0 saturated heterocycles. The highest BCUT2D eigenvalue weighted by molar-refractivity contribution is 5.31. The lowest BCUT2D eigenvalue weighted by Gasteiger charge is -2.38. The fourth-order valence-corrected chi connectivity index (χ4v) is 5.91. The van der Waals surface area contributed by atoms with Gasteiger partial charge in [0.05, 0.1) is 11.7 Å². The number of ether oxygens (including phenoxy) is 1. The highest BCUT2D eigenvalue weighted by Gasteiger charge is 2.40. The van der Waals surface area contributed by atoms with Gasteiger partial charge in [0.1, 0.15) is 17.2 Å². The van der Waals surface area contributed by atoms with Crippen LogP contribution in [0.5, 0.6) is 0 Å². The molecule has 0 amide bonds. The summed E-state index contributed by atoms with van der Waals surface area (Å²) in [5.41, 5.74) is -0.736. The molecule has 0 spiro atoms. The van der Waals surface area contributed by atoms with Crippen LogP contribution in [0.3, 0.4) is 0 Å². The zero-order valence-electron chi connectivity index (χ0n) is 20.2. The normalized spacial score (nSPS) is 25.7. The Morgan fingerprint density at radius 1 is 0.750 bits per heavy atom. The van der Waals surface area contributed by atoms with E-state index in [0.29, 0.717) is 37.5 Å². The van der Waals surface area contributed by atoms with Gasteiger partial charge in [-0.05, 0) is 98.8 Å². The summed E-state index contributed by atoms with van der Waals surface area (Å²) in [5.74, 6) is -2.60. The molecule has 0 atom stereocenters. The van der Waals surface area contributed by atoms with Crippen LogP contribution in [0.4, 0.5) is 30.7 Å². The molecule has 36 heavy (non-hydrogen) atoms. The number of hydrogen-bond acceptors (Lipinski definition) is 1. The summed E-state index contributed by atoms with van der Waals surface area (Å²) in [6, 6.07) is 7.83. The van der Waals surface area contributed by atoms with Crippen molar-refractivity contribution >= 4 is 0 Å². The molecule has 2 aromatic carbocycles. The maximum absolute atomic E-state index is 14.6. The fraction of sp³-hybridized carbons (Fsp3) is 0.571. The molecule has 2 fully saturated rings. The molecular weight excluding hydrogens is 485 g/mol. The Morgan fingerprint density at radius 3 is 1.72 bits per heavy atom. The van der Waals surface area contributed by atoms with Gasteiger partial charge >= 0.3 is 12.3 Å². The minimum absolute atomic E-state index is 0.142. The largest absolute Gasteiger partial charge is 0.422 e. The Balaban J connectivity index is 1.28. The van der Waals surface area contributed by atoms with Gasteiger partial charge in [-0.3, -0.25) is 0 Å². The smallest absolute Gasteiger partial charge is 0.313 e. The van der Waals surface area contributed by atoms with Gasteiger partial charge in [-0.15, -0.1) is 0 Å². The number of aryl methyl sites for hydroxylation is 1. The third-order valence-electron chi connectivity index (χ3n) is 7.99. The molecule has 1 nitrogen and oxygen atoms in total. The molecule has 2 saturated carbocycles. The van der Waals surface area contributed by atoms with Crippen LogP contribution in [-0.2, 0) is 23.4 Å². The van der Waals surface area contributed by atoms with Crippen LogP contribution in [0.15, 0.2) is 36.4 Å². The Bertz CT molecular complexity index is 992. The standard InChI is InChI=1S/C28H31F7O/c1-2-17-3-11-22(12-4-17)28(34,35)36-23-13-9-19(10-14-23)18-5-7-20(8-6-18)21-15-24(29)26(25(30)16-21)27(31,32)33/h3-4,11-12,15-16,18-20,23H,2,5-10,13-14H2,1H3. The monoisotopic (exact) mass is 516 g/mol. The number of halogens is 7. The maximum atomic E-state index is 14.6. The first-order valence-corrected chi connectivity index (χ1v) is 12.7. The van der Waals surface area contributed by atoms with Crippen molar-refractivity contribution < 1.29 is 35.5 Å². The number of benzene rings is 2. The first-order chi connectivity index (χ1) is 17.0. The predicted octanol–water partition coefficient (Wildman–Crippen LogP) is 9.14. The average molecular weight is 517 g/mol. The zero-order chi connectivity index (χ0) is 26.1. The quantitative estimate of drug-likeness (QED) is 0.348. The van der Waals surface area contributed by atoms with E-state index in [1.165, 1.54) is 12.1 Å². The van der Waals surface area contributed by atoms with Crippen molar-refractivity contribution in [2.75, 3.05) is 0 Å². The molecule has 4 rings (SSSR count). The van der Waals surface area contributed by atoms with Gasteiger partial charge in [-0.2, -0.15) is 22.0 Å². The van der Waals surface area contributed by atoms with Crippen LogP contribution in [0, 0.1) is 23.5 Å². The Morgan fingerprint density at radius 2 is 1.25 bits per heavy atom. The van der Waals surface area contributed by atoms with Crippen molar-refractivity contribution in [1.29, 1.82) is 0 Å². The second-order valence-electron chi connectivity index (χ2n) is 10.2. The van der Waals surface area contributed by atoms with E-state index in [0.717, 1.165) is 49.8 Å². The summed E-state index contributed by atoms with van der Waals surface area (Å²) in [5, 5.41) is 0. The molecule has 0 radical (unpaired) electrons. The Kier molecular flexibility index (Phi) is 8.03. The van der Waals surface area contributed by atoms with E-state index in [2.05, 4.69) is 0 Å². The van der Waals surface area contributed by atoms with Crippen LogP contribution >= 0.6 is 0 Å². The van der Waals surface area contributed by atoms with Gasteiger partial charge in [0.25, 0.3) is 0 Å². The van der Waals surface area contributed by atoms with E-state index < -0.39 is 35.6 Å². The third-order valence-corrected chi connectivity index (χ3v) is 7.99. The van der Waals surface area contributed by atoms with Crippen molar-refractivity contribution in [1.82, 2.24) is 0 Å². The number of hydrogen-bond donors (Lipinski definition) is 0. The molecule has 2 aliphatic carbocycles. The minimum atomic E-state index is -5.07. The van der Waals surface area contributed by atoms with Crippen molar-refractivity contribution in [2.45, 2.75) is 89.0 Å². The zero-order valence-corrected chi connectivity index (χ0v) is 20.2. The summed E-state index contributed by atoms with van der Waals surface area (Å²) in [7, 11) is 0. The van der Waals surface area contributed by atoms with Crippen molar-refractivity contribution in [3.05, 3.63) is 70.3 Å². The SMILES string of the molecule is CCc1ccc(C(F)(F)OC2CCC(C3CCC(c4cc(F)c(C(F)(F)F)c(F)c4)CC3)CC2)cc1. The highest BCUT2D eigenvalue weighted by atomic mass is 19.4. The van der Waals surface area contributed by atoms with E-state index in [1.807, 2.05) is 6.92 Å². The first kappa shape index (κ1) is 27.0. The summed E-state index contributed by atoms with van der Waals surface area (Å²) in [6.07, 6.45) is -2.66. The highest BCUT2D eigenvalue weighted by Crippen LogP contribution is 2.45. The van der Waals surface area contributed by atoms with Gasteiger partial charge < -0.3 is 4.74 Å². The Hall–Kier alpha value is -2.09. The number of rotatable bonds is 6. The summed E-state index contributed by atoms with van der Waals surface area (Å²) < 4.78 is 101. The van der Waals surface area contributed by atoms with Crippen LogP contribution in [-0.4, -0.2) is 6.10 Å². The third kappa shape index (κ3) is 6.06. The average Bonchev–Trinajstić information content (AvgIpc) is 2.83. The number of alkyl halides is 5. The molecule has 2 aromatic rings. The molecule has 0 N–H and O–H groups in total. The van der Waals surface area contributed by atoms with Gasteiger partial charge in [0.2, 0.25) is 0 Å². The van der Waals surface area contributed by atoms with E-state index in [9.17, 15) is 30.7 Å². The summed E-state index contributed by atoms with van der Waals surface area (Å²) >= 11 is 0. The fourth-order valence-electron chi connectivity index (χ4n) is 5.91. The molecule has 0 unspecified atom stereocenters. The van der Waals surface area contributed by atoms with E-state index in [4.69, 9.17) is 4.74 Å². The van der Waals surface area contributed by atoms with E-state index in [1.54, 1.807) is 12.1 Å². The lowest BCUT2D eigenvalue weighted by Crippen LogP contribution is -2.32. The second-order valence-corrected chi connectivity index (χ2v) is 10.2. The molecule has 0 aliphatic heterocycles. The Labute approximate surface area is 207 Å². The van der Waals surface area contributed by atoms with Crippen molar-refractivity contribution in [2.24, 2.45) is 11.8 Å². The van der Waals surface area contributed by atoms with Gasteiger partial charge in [0.15, 0.2) is 0 Å². The summed E-state index contributed by atoms with van der Waals surface area (Å²) in [6.45, 7) is 1.96. The van der Waals surface area contributed by atoms with Crippen LogP contribution in [0.1, 0.15) is 86.5 Å². The van der Waals surface area contributed by atoms with Crippen LogP contribution < -0.4 is 0 Å². The topological polar surface area (TPSA) is 9.23 Å². The second kappa shape index (κ2) is 10.7. The summed E-state index contributed by atoms with van der Waals surface area (Å²) in [4.78, 5) is 0.